The summed E-state index contributed by atoms with van der Waals surface area (Å²) in [5.41, 5.74) is 0. The van der Waals surface area contributed by atoms with Crippen LogP contribution in [-0.4, -0.2) is 48.6 Å². The van der Waals surface area contributed by atoms with Crippen molar-refractivity contribution in [1.82, 2.24) is 0 Å². The first kappa shape index (κ1) is 10.8. The first-order chi connectivity index (χ1) is 6.94. The number of rotatable bonds is 2. The van der Waals surface area contributed by atoms with Crippen LogP contribution in [0.4, 0.5) is 0 Å². The van der Waals surface area contributed by atoms with Crippen molar-refractivity contribution in [2.75, 3.05) is 7.11 Å². The zero-order chi connectivity index (χ0) is 11.2. The fraction of sp³-hybridized carbons (Fsp3) is 0.889. The van der Waals surface area contributed by atoms with Gasteiger partial charge in [-0.25, -0.2) is 4.79 Å². The fourth-order valence-electron chi connectivity index (χ4n) is 1.94. The van der Waals surface area contributed by atoms with Gasteiger partial charge >= 0.3 is 5.97 Å². The first-order valence-corrected chi connectivity index (χ1v) is 4.71. The van der Waals surface area contributed by atoms with Crippen LogP contribution in [0.15, 0.2) is 0 Å². The van der Waals surface area contributed by atoms with Crippen LogP contribution in [0.25, 0.3) is 0 Å². The molecule has 0 unspecified atom stereocenters. The van der Waals surface area contributed by atoms with E-state index < -0.39 is 36.4 Å². The zero-order valence-corrected chi connectivity index (χ0v) is 8.80. The Morgan fingerprint density at radius 3 is 2.60 bits per heavy atom. The number of hydrogen-bond acceptors (Lipinski definition) is 5. The molecule has 1 N–H and O–H groups in total. The Morgan fingerprint density at radius 1 is 1.40 bits per heavy atom. The van der Waals surface area contributed by atoms with E-state index in [2.05, 4.69) is 0 Å². The maximum Gasteiger partial charge on any atom is 0.335 e. The Labute approximate surface area is 87.1 Å². The summed E-state index contributed by atoms with van der Waals surface area (Å²) in [4.78, 5) is 10.8. The maximum atomic E-state index is 10.8. The second-order valence-corrected chi connectivity index (χ2v) is 4.06. The Morgan fingerprint density at radius 2 is 2.07 bits per heavy atom. The lowest BCUT2D eigenvalue weighted by atomic mass is 10.1. The van der Waals surface area contributed by atoms with E-state index in [-0.39, 0.29) is 0 Å². The molecule has 0 bridgehead atoms. The van der Waals surface area contributed by atoms with Gasteiger partial charge in [-0.1, -0.05) is 0 Å². The Balaban J connectivity index is 2.15. The molecule has 2 fully saturated rings. The summed E-state index contributed by atoms with van der Waals surface area (Å²) in [5, 5.41) is 8.88. The Hall–Kier alpha value is -0.690. The van der Waals surface area contributed by atoms with E-state index >= 15 is 0 Å². The lowest BCUT2D eigenvalue weighted by Crippen LogP contribution is -2.39. The second-order valence-electron chi connectivity index (χ2n) is 4.06. The second kappa shape index (κ2) is 3.41. The van der Waals surface area contributed by atoms with E-state index in [4.69, 9.17) is 24.1 Å². The Kier molecular flexibility index (Phi) is 2.46. The molecule has 0 saturated carbocycles. The molecule has 0 aromatic rings. The lowest BCUT2D eigenvalue weighted by Gasteiger charge is -2.22. The topological polar surface area (TPSA) is 74.2 Å². The minimum Gasteiger partial charge on any atom is -0.479 e. The van der Waals surface area contributed by atoms with Gasteiger partial charge in [0.25, 0.3) is 0 Å². The number of fused-ring (bicyclic) bond motifs is 1. The smallest absolute Gasteiger partial charge is 0.335 e. The highest BCUT2D eigenvalue weighted by Gasteiger charge is 2.57. The van der Waals surface area contributed by atoms with Gasteiger partial charge in [0.2, 0.25) is 0 Å². The molecule has 0 aliphatic carbocycles. The average molecular weight is 218 g/mol. The maximum absolute atomic E-state index is 10.8. The van der Waals surface area contributed by atoms with Crippen molar-refractivity contribution in [2.24, 2.45) is 0 Å². The van der Waals surface area contributed by atoms with E-state index in [1.165, 1.54) is 7.11 Å². The van der Waals surface area contributed by atoms with Gasteiger partial charge < -0.3 is 24.1 Å². The van der Waals surface area contributed by atoms with Gasteiger partial charge in [0.05, 0.1) is 0 Å². The number of carboxylic acids is 1. The molecule has 6 heteroatoms. The normalized spacial score (nSPS) is 42.9. The molecule has 2 aliphatic rings. The molecule has 6 nitrogen and oxygen atoms in total. The summed E-state index contributed by atoms with van der Waals surface area (Å²) in [7, 11) is 1.43. The van der Waals surface area contributed by atoms with Crippen LogP contribution in [0.2, 0.25) is 0 Å². The third-order valence-corrected chi connectivity index (χ3v) is 2.51. The summed E-state index contributed by atoms with van der Waals surface area (Å²) in [6.07, 6.45) is -2.80. The van der Waals surface area contributed by atoms with Crippen LogP contribution in [0.1, 0.15) is 13.8 Å². The van der Waals surface area contributed by atoms with Gasteiger partial charge in [-0.3, -0.25) is 0 Å². The van der Waals surface area contributed by atoms with Gasteiger partial charge in [0.1, 0.15) is 12.2 Å². The van der Waals surface area contributed by atoms with Gasteiger partial charge in [-0.15, -0.1) is 0 Å². The number of hydrogen-bond donors (Lipinski definition) is 1. The minimum atomic E-state index is -1.07. The molecule has 2 rings (SSSR count). The van der Waals surface area contributed by atoms with E-state index in [9.17, 15) is 4.79 Å². The van der Waals surface area contributed by atoms with Crippen LogP contribution in [-0.2, 0) is 23.7 Å². The van der Waals surface area contributed by atoms with Crippen LogP contribution in [0.3, 0.4) is 0 Å². The van der Waals surface area contributed by atoms with E-state index in [0.717, 1.165) is 0 Å². The lowest BCUT2D eigenvalue weighted by molar-refractivity contribution is -0.220. The van der Waals surface area contributed by atoms with E-state index in [1.807, 2.05) is 0 Å². The molecular weight excluding hydrogens is 204 g/mol. The highest BCUT2D eigenvalue weighted by molar-refractivity contribution is 5.73. The largest absolute Gasteiger partial charge is 0.479 e. The van der Waals surface area contributed by atoms with Crippen molar-refractivity contribution in [3.05, 3.63) is 0 Å². The van der Waals surface area contributed by atoms with Crippen molar-refractivity contribution in [2.45, 2.75) is 44.2 Å². The molecule has 2 aliphatic heterocycles. The quantitative estimate of drug-likeness (QED) is 0.701. The zero-order valence-electron chi connectivity index (χ0n) is 8.80. The molecule has 0 amide bonds. The van der Waals surface area contributed by atoms with Crippen LogP contribution < -0.4 is 0 Å². The highest BCUT2D eigenvalue weighted by Crippen LogP contribution is 2.38. The molecule has 86 valence electrons. The predicted molar refractivity (Wildman–Crippen MR) is 47.1 cm³/mol. The number of methoxy groups -OCH3 is 1. The van der Waals surface area contributed by atoms with Crippen molar-refractivity contribution in [3.63, 3.8) is 0 Å². The summed E-state index contributed by atoms with van der Waals surface area (Å²) >= 11 is 0. The standard InChI is InChI=1S/C9H14O6/c1-9(2)14-6-4(12-3)5(7(10)11)13-8(6)15-9/h4-6,8H,1-3H3,(H,10,11)/t4-,5-,6+,8+/m0/s1. The van der Waals surface area contributed by atoms with E-state index in [1.54, 1.807) is 13.8 Å². The molecule has 0 radical (unpaired) electrons. The van der Waals surface area contributed by atoms with Gasteiger partial charge in [0, 0.05) is 7.11 Å². The van der Waals surface area contributed by atoms with Crippen LogP contribution in [0.5, 0.6) is 0 Å². The van der Waals surface area contributed by atoms with Crippen molar-refractivity contribution in [3.8, 4) is 0 Å². The van der Waals surface area contributed by atoms with Crippen molar-refractivity contribution in [1.29, 1.82) is 0 Å². The number of carboxylic acid groups (broad SMARTS) is 1. The number of ether oxygens (including phenoxy) is 4. The average Bonchev–Trinajstić information content (AvgIpc) is 2.55. The van der Waals surface area contributed by atoms with Gasteiger partial charge in [0.15, 0.2) is 18.2 Å². The summed E-state index contributed by atoms with van der Waals surface area (Å²) < 4.78 is 21.2. The van der Waals surface area contributed by atoms with Crippen molar-refractivity contribution >= 4 is 5.97 Å². The van der Waals surface area contributed by atoms with Gasteiger partial charge in [-0.05, 0) is 13.8 Å². The molecule has 0 aromatic heterocycles. The molecule has 4 atom stereocenters. The Bertz CT molecular complexity index is 276. The minimum absolute atomic E-state index is 0.480. The molecular formula is C9H14O6. The number of carbonyl (C=O) groups is 1. The number of aliphatic carboxylic acids is 1. The molecule has 0 aromatic carbocycles. The predicted octanol–water partition coefficient (Wildman–Crippen LogP) is -0.0376. The summed E-state index contributed by atoms with van der Waals surface area (Å²) in [6, 6.07) is 0. The van der Waals surface area contributed by atoms with Crippen LogP contribution in [0, 0.1) is 0 Å². The highest BCUT2D eigenvalue weighted by atomic mass is 16.8. The molecule has 2 saturated heterocycles. The third kappa shape index (κ3) is 1.74. The SMILES string of the molecule is CO[C@@H]1[C@H]2OC(C)(C)O[C@H]2O[C@@H]1C(=O)O. The molecule has 15 heavy (non-hydrogen) atoms. The van der Waals surface area contributed by atoms with Crippen LogP contribution >= 0.6 is 0 Å². The fourth-order valence-corrected chi connectivity index (χ4v) is 1.94. The van der Waals surface area contributed by atoms with E-state index in [0.29, 0.717) is 0 Å². The summed E-state index contributed by atoms with van der Waals surface area (Å²) in [5.74, 6) is -1.82. The monoisotopic (exact) mass is 218 g/mol. The third-order valence-electron chi connectivity index (χ3n) is 2.51. The van der Waals surface area contributed by atoms with Crippen molar-refractivity contribution < 1.29 is 28.8 Å². The van der Waals surface area contributed by atoms with Gasteiger partial charge in [-0.2, -0.15) is 0 Å². The molecule has 0 spiro atoms. The molecule has 2 heterocycles. The summed E-state index contributed by atoms with van der Waals surface area (Å²) in [6.45, 7) is 3.49. The first-order valence-electron chi connectivity index (χ1n) is 4.71.